The molecule has 1 N–H and O–H groups in total. The van der Waals surface area contributed by atoms with Gasteiger partial charge in [-0.25, -0.2) is 0 Å². The van der Waals surface area contributed by atoms with Crippen LogP contribution in [0.5, 0.6) is 0 Å². The summed E-state index contributed by atoms with van der Waals surface area (Å²) in [6, 6.07) is 13.4. The number of halogens is 1. The van der Waals surface area contributed by atoms with Gasteiger partial charge in [0.2, 0.25) is 0 Å². The zero-order chi connectivity index (χ0) is 15.2. The number of benzene rings is 2. The molecule has 0 fully saturated rings. The van der Waals surface area contributed by atoms with Crippen molar-refractivity contribution in [2.24, 2.45) is 0 Å². The molecular weight excluding hydrogens is 332 g/mol. The summed E-state index contributed by atoms with van der Waals surface area (Å²) in [6.45, 7) is 3.54. The lowest BCUT2D eigenvalue weighted by atomic mass is 10.1. The molecule has 0 amide bonds. The number of nitro groups is 1. The fourth-order valence-electron chi connectivity index (χ4n) is 2.17. The lowest BCUT2D eigenvalue weighted by Crippen LogP contribution is -2.16. The zero-order valence-electron chi connectivity index (χ0n) is 11.8. The third-order valence-electron chi connectivity index (χ3n) is 3.16. The normalized spacial score (nSPS) is 10.6. The number of hydrogen-bond donors (Lipinski definition) is 1. The van der Waals surface area contributed by atoms with Crippen molar-refractivity contribution in [2.75, 3.05) is 6.54 Å². The van der Waals surface area contributed by atoms with E-state index in [1.807, 2.05) is 6.07 Å². The molecule has 0 spiro atoms. The van der Waals surface area contributed by atoms with Gasteiger partial charge < -0.3 is 5.32 Å². The van der Waals surface area contributed by atoms with Crippen molar-refractivity contribution in [3.8, 4) is 0 Å². The minimum atomic E-state index is -0.374. The van der Waals surface area contributed by atoms with Crippen LogP contribution < -0.4 is 5.32 Å². The number of nitrogens with one attached hydrogen (secondary N) is 1. The predicted octanol–water partition coefficient (Wildman–Crippen LogP) is 4.00. The maximum Gasteiger partial charge on any atom is 0.270 e. The molecule has 2 aromatic rings. The second-order valence-corrected chi connectivity index (χ2v) is 5.91. The van der Waals surface area contributed by atoms with E-state index in [2.05, 4.69) is 52.4 Å². The minimum Gasteiger partial charge on any atom is -0.312 e. The third kappa shape index (κ3) is 4.95. The van der Waals surface area contributed by atoms with Crippen LogP contribution in [-0.2, 0) is 13.0 Å². The maximum atomic E-state index is 10.8. The summed E-state index contributed by atoms with van der Waals surface area (Å²) in [4.78, 5) is 10.4. The summed E-state index contributed by atoms with van der Waals surface area (Å²) in [5.74, 6) is 0. The standard InChI is InChI=1S/C16H17BrN2O2/c1-12-3-2-4-13(7-12)5-6-18-11-14-8-15(17)10-16(9-14)19(20)21/h2-4,7-10,18H,5-6,11H2,1H3. The van der Waals surface area contributed by atoms with Gasteiger partial charge in [0.25, 0.3) is 5.69 Å². The molecule has 0 heterocycles. The van der Waals surface area contributed by atoms with Gasteiger partial charge in [0.1, 0.15) is 0 Å². The summed E-state index contributed by atoms with van der Waals surface area (Å²) in [7, 11) is 0. The molecule has 0 saturated heterocycles. The van der Waals surface area contributed by atoms with E-state index in [9.17, 15) is 10.1 Å². The molecule has 0 radical (unpaired) electrons. The topological polar surface area (TPSA) is 55.2 Å². The van der Waals surface area contributed by atoms with Crippen LogP contribution in [0.1, 0.15) is 16.7 Å². The quantitative estimate of drug-likeness (QED) is 0.487. The van der Waals surface area contributed by atoms with E-state index in [4.69, 9.17) is 0 Å². The van der Waals surface area contributed by atoms with Gasteiger partial charge in [-0.2, -0.15) is 0 Å². The smallest absolute Gasteiger partial charge is 0.270 e. The summed E-state index contributed by atoms with van der Waals surface area (Å²) in [5, 5.41) is 14.1. The number of aryl methyl sites for hydroxylation is 1. The molecule has 110 valence electrons. The first-order chi connectivity index (χ1) is 10.0. The molecular formula is C16H17BrN2O2. The number of rotatable bonds is 6. The van der Waals surface area contributed by atoms with Crippen LogP contribution in [0.25, 0.3) is 0 Å². The van der Waals surface area contributed by atoms with E-state index in [-0.39, 0.29) is 10.6 Å². The molecule has 0 bridgehead atoms. The molecule has 4 nitrogen and oxygen atoms in total. The van der Waals surface area contributed by atoms with Crippen molar-refractivity contribution < 1.29 is 4.92 Å². The second-order valence-electron chi connectivity index (χ2n) is 4.99. The van der Waals surface area contributed by atoms with Crippen LogP contribution in [0.2, 0.25) is 0 Å². The van der Waals surface area contributed by atoms with E-state index in [1.165, 1.54) is 17.2 Å². The lowest BCUT2D eigenvalue weighted by Gasteiger charge is -2.06. The Bertz CT molecular complexity index is 644. The average Bonchev–Trinajstić information content (AvgIpc) is 2.43. The summed E-state index contributed by atoms with van der Waals surface area (Å²) in [5.41, 5.74) is 3.57. The van der Waals surface area contributed by atoms with Gasteiger partial charge in [-0.05, 0) is 37.1 Å². The van der Waals surface area contributed by atoms with Gasteiger partial charge in [0, 0.05) is 23.2 Å². The van der Waals surface area contributed by atoms with Gasteiger partial charge in [-0.1, -0.05) is 45.8 Å². The van der Waals surface area contributed by atoms with Crippen molar-refractivity contribution in [3.05, 3.63) is 73.7 Å². The van der Waals surface area contributed by atoms with Crippen molar-refractivity contribution in [1.82, 2.24) is 5.32 Å². The number of hydrogen-bond acceptors (Lipinski definition) is 3. The molecule has 0 aliphatic rings. The van der Waals surface area contributed by atoms with E-state index >= 15 is 0 Å². The zero-order valence-corrected chi connectivity index (χ0v) is 13.4. The molecule has 0 aliphatic carbocycles. The minimum absolute atomic E-state index is 0.111. The van der Waals surface area contributed by atoms with E-state index < -0.39 is 0 Å². The van der Waals surface area contributed by atoms with Gasteiger partial charge in [-0.3, -0.25) is 10.1 Å². The largest absolute Gasteiger partial charge is 0.312 e. The Kier molecular flexibility index (Phi) is 5.47. The number of nitrogens with zero attached hydrogens (tertiary/aromatic N) is 1. The second kappa shape index (κ2) is 7.33. The van der Waals surface area contributed by atoms with Gasteiger partial charge in [0.15, 0.2) is 0 Å². The van der Waals surface area contributed by atoms with Crippen molar-refractivity contribution >= 4 is 21.6 Å². The van der Waals surface area contributed by atoms with Crippen LogP contribution in [0.3, 0.4) is 0 Å². The highest BCUT2D eigenvalue weighted by Gasteiger charge is 2.08. The Hall–Kier alpha value is -1.72. The fourth-order valence-corrected chi connectivity index (χ4v) is 2.70. The Morgan fingerprint density at radius 3 is 2.71 bits per heavy atom. The van der Waals surface area contributed by atoms with Crippen LogP contribution >= 0.6 is 15.9 Å². The highest BCUT2D eigenvalue weighted by molar-refractivity contribution is 9.10. The first-order valence-electron chi connectivity index (χ1n) is 6.75. The van der Waals surface area contributed by atoms with E-state index in [1.54, 1.807) is 6.07 Å². The fraction of sp³-hybridized carbons (Fsp3) is 0.250. The van der Waals surface area contributed by atoms with Crippen molar-refractivity contribution in [1.29, 1.82) is 0 Å². The van der Waals surface area contributed by atoms with Crippen LogP contribution in [0, 0.1) is 17.0 Å². The summed E-state index contributed by atoms with van der Waals surface area (Å²) in [6.07, 6.45) is 0.942. The highest BCUT2D eigenvalue weighted by atomic mass is 79.9. The molecule has 0 aliphatic heterocycles. The Labute approximate surface area is 132 Å². The highest BCUT2D eigenvalue weighted by Crippen LogP contribution is 2.21. The molecule has 5 heteroatoms. The monoisotopic (exact) mass is 348 g/mol. The van der Waals surface area contributed by atoms with Crippen LogP contribution in [-0.4, -0.2) is 11.5 Å². The Balaban J connectivity index is 1.87. The SMILES string of the molecule is Cc1cccc(CCNCc2cc(Br)cc([N+](=O)[O-])c2)c1. The number of non-ortho nitro benzene ring substituents is 1. The average molecular weight is 349 g/mol. The summed E-state index contributed by atoms with van der Waals surface area (Å²) < 4.78 is 0.729. The third-order valence-corrected chi connectivity index (χ3v) is 3.61. The summed E-state index contributed by atoms with van der Waals surface area (Å²) >= 11 is 3.30. The first-order valence-corrected chi connectivity index (χ1v) is 7.54. The Morgan fingerprint density at radius 2 is 2.00 bits per heavy atom. The molecule has 0 saturated carbocycles. The molecule has 0 unspecified atom stereocenters. The molecule has 2 aromatic carbocycles. The van der Waals surface area contributed by atoms with Crippen LogP contribution in [0.4, 0.5) is 5.69 Å². The van der Waals surface area contributed by atoms with Crippen molar-refractivity contribution in [3.63, 3.8) is 0 Å². The van der Waals surface area contributed by atoms with Gasteiger partial charge in [-0.15, -0.1) is 0 Å². The first kappa shape index (κ1) is 15.7. The maximum absolute atomic E-state index is 10.8. The molecule has 0 atom stereocenters. The lowest BCUT2D eigenvalue weighted by molar-refractivity contribution is -0.385. The van der Waals surface area contributed by atoms with Gasteiger partial charge >= 0.3 is 0 Å². The van der Waals surface area contributed by atoms with Gasteiger partial charge in [0.05, 0.1) is 4.92 Å². The van der Waals surface area contributed by atoms with Crippen molar-refractivity contribution in [2.45, 2.75) is 19.9 Å². The molecule has 2 rings (SSSR count). The Morgan fingerprint density at radius 1 is 1.19 bits per heavy atom. The predicted molar refractivity (Wildman–Crippen MR) is 87.4 cm³/mol. The number of nitro benzene ring substituents is 1. The van der Waals surface area contributed by atoms with E-state index in [0.717, 1.165) is 23.0 Å². The molecule has 0 aromatic heterocycles. The van der Waals surface area contributed by atoms with Crippen LogP contribution in [0.15, 0.2) is 46.9 Å². The molecule has 21 heavy (non-hydrogen) atoms. The van der Waals surface area contributed by atoms with E-state index in [0.29, 0.717) is 6.54 Å².